The zero-order valence-electron chi connectivity index (χ0n) is 11.6. The molecule has 0 aliphatic heterocycles. The Morgan fingerprint density at radius 3 is 1.82 bits per heavy atom. The number of aliphatic hydroxyl groups excluding tert-OH is 2. The number of unbranched alkanes of at least 4 members (excludes halogenated alkanes) is 1. The molecule has 0 aliphatic carbocycles. The highest BCUT2D eigenvalue weighted by Crippen LogP contribution is 2.10. The van der Waals surface area contributed by atoms with E-state index in [1.165, 1.54) is 0 Å². The third-order valence-electron chi connectivity index (χ3n) is 2.28. The number of carboxylic acid groups (broad SMARTS) is 1. The van der Waals surface area contributed by atoms with Crippen molar-refractivity contribution >= 4 is 5.97 Å². The molecular formula is C13H28O4. The van der Waals surface area contributed by atoms with Crippen molar-refractivity contribution in [3.63, 3.8) is 0 Å². The summed E-state index contributed by atoms with van der Waals surface area (Å²) in [6, 6.07) is 0. The van der Waals surface area contributed by atoms with Crippen molar-refractivity contribution in [2.24, 2.45) is 11.3 Å². The van der Waals surface area contributed by atoms with Gasteiger partial charge in [0.2, 0.25) is 0 Å². The molecule has 4 nitrogen and oxygen atoms in total. The van der Waals surface area contributed by atoms with Crippen molar-refractivity contribution in [1.29, 1.82) is 0 Å². The molecule has 0 bridgehead atoms. The molecule has 0 atom stereocenters. The van der Waals surface area contributed by atoms with Gasteiger partial charge >= 0.3 is 5.97 Å². The summed E-state index contributed by atoms with van der Waals surface area (Å²) in [5.41, 5.74) is -0.306. The van der Waals surface area contributed by atoms with Gasteiger partial charge in [-0.05, 0) is 12.3 Å². The van der Waals surface area contributed by atoms with Crippen molar-refractivity contribution in [2.75, 3.05) is 13.2 Å². The standard InChI is InChI=1S/C8H16O2.C5H12O2/c1-7(2)5-3-4-6-8(9)10;1-5(2,3-6)4-7/h7H,3-6H2,1-2H3,(H,9,10);6-7H,3-4H2,1-2H3. The first-order chi connectivity index (χ1) is 7.75. The van der Waals surface area contributed by atoms with Crippen LogP contribution in [0.1, 0.15) is 53.4 Å². The summed E-state index contributed by atoms with van der Waals surface area (Å²) < 4.78 is 0. The van der Waals surface area contributed by atoms with Crippen LogP contribution in [0.4, 0.5) is 0 Å². The quantitative estimate of drug-likeness (QED) is 0.604. The summed E-state index contributed by atoms with van der Waals surface area (Å²) >= 11 is 0. The molecule has 0 saturated carbocycles. The third-order valence-corrected chi connectivity index (χ3v) is 2.28. The van der Waals surface area contributed by atoms with E-state index in [1.807, 2.05) is 0 Å². The summed E-state index contributed by atoms with van der Waals surface area (Å²) in [6.45, 7) is 7.99. The zero-order valence-corrected chi connectivity index (χ0v) is 11.6. The number of rotatable bonds is 7. The van der Waals surface area contributed by atoms with E-state index in [1.54, 1.807) is 13.8 Å². The van der Waals surface area contributed by atoms with Gasteiger partial charge in [-0.25, -0.2) is 0 Å². The number of hydrogen-bond donors (Lipinski definition) is 3. The molecular weight excluding hydrogens is 220 g/mol. The van der Waals surface area contributed by atoms with E-state index in [9.17, 15) is 4.79 Å². The lowest BCUT2D eigenvalue weighted by atomic mass is 9.97. The molecule has 0 saturated heterocycles. The maximum Gasteiger partial charge on any atom is 0.303 e. The van der Waals surface area contributed by atoms with E-state index in [0.717, 1.165) is 19.3 Å². The van der Waals surface area contributed by atoms with Gasteiger partial charge in [0.25, 0.3) is 0 Å². The van der Waals surface area contributed by atoms with Crippen LogP contribution in [0.3, 0.4) is 0 Å². The Morgan fingerprint density at radius 1 is 1.12 bits per heavy atom. The predicted octanol–water partition coefficient (Wildman–Crippen LogP) is 2.28. The average molecular weight is 248 g/mol. The van der Waals surface area contributed by atoms with E-state index in [0.29, 0.717) is 12.3 Å². The zero-order chi connectivity index (χ0) is 13.9. The Labute approximate surface area is 105 Å². The van der Waals surface area contributed by atoms with Gasteiger partial charge in [0, 0.05) is 11.8 Å². The molecule has 0 rings (SSSR count). The first-order valence-electron chi connectivity index (χ1n) is 6.18. The maximum absolute atomic E-state index is 10.0. The molecule has 0 fully saturated rings. The monoisotopic (exact) mass is 248 g/mol. The van der Waals surface area contributed by atoms with Gasteiger partial charge in [-0.15, -0.1) is 0 Å². The normalized spacial score (nSPS) is 11.0. The second-order valence-electron chi connectivity index (χ2n) is 5.51. The lowest BCUT2D eigenvalue weighted by Gasteiger charge is -2.16. The Kier molecular flexibility index (Phi) is 11.6. The second kappa shape index (κ2) is 10.5. The molecule has 0 aromatic rings. The van der Waals surface area contributed by atoms with Gasteiger partial charge in [-0.2, -0.15) is 0 Å². The maximum atomic E-state index is 10.0. The fourth-order valence-corrected chi connectivity index (χ4v) is 0.879. The summed E-state index contributed by atoms with van der Waals surface area (Å²) in [4.78, 5) is 10.0. The molecule has 104 valence electrons. The smallest absolute Gasteiger partial charge is 0.303 e. The molecule has 0 aromatic carbocycles. The molecule has 3 N–H and O–H groups in total. The number of carbonyl (C=O) groups is 1. The second-order valence-corrected chi connectivity index (χ2v) is 5.51. The van der Waals surface area contributed by atoms with Crippen LogP contribution in [0.15, 0.2) is 0 Å². The highest BCUT2D eigenvalue weighted by Gasteiger charge is 2.13. The number of aliphatic carboxylic acids is 1. The first-order valence-corrected chi connectivity index (χ1v) is 6.18. The third kappa shape index (κ3) is 18.0. The highest BCUT2D eigenvalue weighted by atomic mass is 16.4. The van der Waals surface area contributed by atoms with Crippen molar-refractivity contribution < 1.29 is 20.1 Å². The molecule has 0 heterocycles. The van der Waals surface area contributed by atoms with Gasteiger partial charge < -0.3 is 15.3 Å². The van der Waals surface area contributed by atoms with Gasteiger partial charge in [0.05, 0.1) is 13.2 Å². The van der Waals surface area contributed by atoms with Gasteiger partial charge in [-0.1, -0.05) is 40.5 Å². The van der Waals surface area contributed by atoms with Gasteiger partial charge in [0.1, 0.15) is 0 Å². The van der Waals surface area contributed by atoms with Crippen LogP contribution in [0.5, 0.6) is 0 Å². The SMILES string of the molecule is CC(C)(CO)CO.CC(C)CCCCC(=O)O. The average Bonchev–Trinajstić information content (AvgIpc) is 2.25. The van der Waals surface area contributed by atoms with Crippen LogP contribution < -0.4 is 0 Å². The van der Waals surface area contributed by atoms with Gasteiger partial charge in [-0.3, -0.25) is 4.79 Å². The molecule has 4 heteroatoms. The van der Waals surface area contributed by atoms with Crippen LogP contribution in [0.25, 0.3) is 0 Å². The van der Waals surface area contributed by atoms with Crippen molar-refractivity contribution in [1.82, 2.24) is 0 Å². The molecule has 0 aliphatic rings. The van der Waals surface area contributed by atoms with Crippen LogP contribution >= 0.6 is 0 Å². The molecule has 17 heavy (non-hydrogen) atoms. The fraction of sp³-hybridized carbons (Fsp3) is 0.923. The summed E-state index contributed by atoms with van der Waals surface area (Å²) in [7, 11) is 0. The van der Waals surface area contributed by atoms with Crippen LogP contribution in [-0.2, 0) is 4.79 Å². The molecule has 0 spiro atoms. The molecule has 0 radical (unpaired) electrons. The lowest BCUT2D eigenvalue weighted by molar-refractivity contribution is -0.137. The van der Waals surface area contributed by atoms with Crippen LogP contribution in [0, 0.1) is 11.3 Å². The largest absolute Gasteiger partial charge is 0.481 e. The van der Waals surface area contributed by atoms with E-state index >= 15 is 0 Å². The van der Waals surface area contributed by atoms with Crippen LogP contribution in [-0.4, -0.2) is 34.5 Å². The minimum atomic E-state index is -0.677. The van der Waals surface area contributed by atoms with Crippen molar-refractivity contribution in [3.05, 3.63) is 0 Å². The molecule has 0 amide bonds. The van der Waals surface area contributed by atoms with Crippen molar-refractivity contribution in [2.45, 2.75) is 53.4 Å². The minimum absolute atomic E-state index is 0.0451. The Hall–Kier alpha value is -0.610. The molecule has 0 aromatic heterocycles. The van der Waals surface area contributed by atoms with E-state index in [4.69, 9.17) is 15.3 Å². The molecule has 0 unspecified atom stereocenters. The Balaban J connectivity index is 0. The predicted molar refractivity (Wildman–Crippen MR) is 68.9 cm³/mol. The van der Waals surface area contributed by atoms with E-state index < -0.39 is 5.97 Å². The van der Waals surface area contributed by atoms with Gasteiger partial charge in [0.15, 0.2) is 0 Å². The number of hydrogen-bond acceptors (Lipinski definition) is 3. The summed E-state index contributed by atoms with van der Waals surface area (Å²) in [5.74, 6) is 0.0255. The van der Waals surface area contributed by atoms with Crippen LogP contribution in [0.2, 0.25) is 0 Å². The minimum Gasteiger partial charge on any atom is -0.481 e. The number of aliphatic hydroxyl groups is 2. The fourth-order valence-electron chi connectivity index (χ4n) is 0.879. The highest BCUT2D eigenvalue weighted by molar-refractivity contribution is 5.66. The summed E-state index contributed by atoms with van der Waals surface area (Å²) in [6.07, 6.45) is 3.34. The van der Waals surface area contributed by atoms with E-state index in [-0.39, 0.29) is 18.6 Å². The Bertz CT molecular complexity index is 182. The number of carboxylic acids is 1. The van der Waals surface area contributed by atoms with Crippen molar-refractivity contribution in [3.8, 4) is 0 Å². The first kappa shape index (κ1) is 18.7. The Morgan fingerprint density at radius 2 is 1.59 bits per heavy atom. The summed E-state index contributed by atoms with van der Waals surface area (Å²) in [5, 5.41) is 25.1. The topological polar surface area (TPSA) is 77.8 Å². The van der Waals surface area contributed by atoms with E-state index in [2.05, 4.69) is 13.8 Å². The lowest BCUT2D eigenvalue weighted by Crippen LogP contribution is -2.20.